The molecule has 0 spiro atoms. The van der Waals surface area contributed by atoms with Gasteiger partial charge in [-0.3, -0.25) is 21.7 Å². The van der Waals surface area contributed by atoms with Crippen LogP contribution in [0.25, 0.3) is 0 Å². The summed E-state index contributed by atoms with van der Waals surface area (Å²) < 4.78 is 0. The third-order valence-electron chi connectivity index (χ3n) is 0.729. The smallest absolute Gasteiger partial charge is 0.0239 e. The van der Waals surface area contributed by atoms with E-state index < -0.39 is 0 Å². The monoisotopic (exact) mass is 190 g/mol. The van der Waals surface area contributed by atoms with Crippen molar-refractivity contribution in [2.75, 3.05) is 27.2 Å². The first-order chi connectivity index (χ1) is 3.91. The standard InChI is InChI=1S/C4H14N4.2ClH/c1-5-7-3-4-8-6-2;;/h5-8H,3-4H2,1-2H3;2*1H. The summed E-state index contributed by atoms with van der Waals surface area (Å²) in [5, 5.41) is 0. The Hall–Kier alpha value is 0.420. The van der Waals surface area contributed by atoms with Gasteiger partial charge >= 0.3 is 0 Å². The highest BCUT2D eigenvalue weighted by atomic mass is 35.5. The summed E-state index contributed by atoms with van der Waals surface area (Å²) in [6.07, 6.45) is 0. The van der Waals surface area contributed by atoms with Crippen LogP contribution in [0.5, 0.6) is 0 Å². The Labute approximate surface area is 74.3 Å². The molecule has 0 aliphatic heterocycles. The van der Waals surface area contributed by atoms with Crippen molar-refractivity contribution in [3.05, 3.63) is 0 Å². The summed E-state index contributed by atoms with van der Waals surface area (Å²) in [5.41, 5.74) is 11.5. The van der Waals surface area contributed by atoms with Crippen molar-refractivity contribution in [2.24, 2.45) is 0 Å². The number of nitrogens with one attached hydrogen (secondary N) is 4. The second-order valence-electron chi connectivity index (χ2n) is 1.35. The van der Waals surface area contributed by atoms with Gasteiger partial charge in [-0.1, -0.05) is 0 Å². The molecule has 4 nitrogen and oxygen atoms in total. The zero-order valence-electron chi connectivity index (χ0n) is 6.23. The van der Waals surface area contributed by atoms with Gasteiger partial charge in [0.2, 0.25) is 0 Å². The van der Waals surface area contributed by atoms with Gasteiger partial charge in [-0.05, 0) is 14.1 Å². The number of hydrazine groups is 2. The summed E-state index contributed by atoms with van der Waals surface area (Å²) >= 11 is 0. The van der Waals surface area contributed by atoms with Gasteiger partial charge in [-0.25, -0.2) is 0 Å². The molecule has 0 rings (SSSR count). The normalized spacial score (nSPS) is 7.80. The molecule has 0 bridgehead atoms. The molecule has 0 unspecified atom stereocenters. The third-order valence-corrected chi connectivity index (χ3v) is 0.729. The van der Waals surface area contributed by atoms with Gasteiger partial charge in [0.15, 0.2) is 0 Å². The van der Waals surface area contributed by atoms with E-state index in [4.69, 9.17) is 0 Å². The summed E-state index contributed by atoms with van der Waals surface area (Å²) in [5.74, 6) is 0. The van der Waals surface area contributed by atoms with Crippen LogP contribution in [-0.2, 0) is 0 Å². The van der Waals surface area contributed by atoms with Crippen LogP contribution in [0.15, 0.2) is 0 Å². The predicted molar refractivity (Wildman–Crippen MR) is 48.6 cm³/mol. The minimum atomic E-state index is 0. The molecule has 6 heteroatoms. The Kier molecular flexibility index (Phi) is 27.2. The lowest BCUT2D eigenvalue weighted by Crippen LogP contribution is -2.38. The fourth-order valence-electron chi connectivity index (χ4n) is 0.375. The Balaban J connectivity index is -0.000000245. The molecule has 0 aromatic carbocycles. The van der Waals surface area contributed by atoms with E-state index >= 15 is 0 Å². The van der Waals surface area contributed by atoms with Gasteiger partial charge in [0.05, 0.1) is 0 Å². The van der Waals surface area contributed by atoms with Crippen LogP contribution in [0.1, 0.15) is 0 Å². The van der Waals surface area contributed by atoms with Crippen molar-refractivity contribution in [1.82, 2.24) is 21.7 Å². The largest absolute Gasteiger partial charge is 0.261 e. The molecule has 0 radical (unpaired) electrons. The van der Waals surface area contributed by atoms with Crippen LogP contribution in [0.3, 0.4) is 0 Å². The average molecular weight is 191 g/mol. The SMILES string of the molecule is CNNCCNNC.Cl.Cl. The highest BCUT2D eigenvalue weighted by Gasteiger charge is 1.77. The van der Waals surface area contributed by atoms with Gasteiger partial charge in [0.25, 0.3) is 0 Å². The molecule has 0 aliphatic rings. The molecule has 0 aliphatic carbocycles. The van der Waals surface area contributed by atoms with Gasteiger partial charge in [-0.15, -0.1) is 24.8 Å². The van der Waals surface area contributed by atoms with Gasteiger partial charge in [0.1, 0.15) is 0 Å². The van der Waals surface area contributed by atoms with E-state index in [0.717, 1.165) is 13.1 Å². The molecule has 0 atom stereocenters. The molecule has 0 fully saturated rings. The molecular formula is C4H16Cl2N4. The van der Waals surface area contributed by atoms with E-state index in [1.54, 1.807) is 0 Å². The number of rotatable bonds is 5. The van der Waals surface area contributed by atoms with Crippen LogP contribution < -0.4 is 21.7 Å². The second kappa shape index (κ2) is 16.2. The minimum absolute atomic E-state index is 0. The van der Waals surface area contributed by atoms with E-state index in [1.807, 2.05) is 14.1 Å². The molecule has 0 aromatic rings. The van der Waals surface area contributed by atoms with Crippen molar-refractivity contribution in [1.29, 1.82) is 0 Å². The molecule has 0 amide bonds. The zero-order chi connectivity index (χ0) is 6.24. The molecular weight excluding hydrogens is 175 g/mol. The first-order valence-corrected chi connectivity index (χ1v) is 2.71. The summed E-state index contributed by atoms with van der Waals surface area (Å²) in [7, 11) is 3.69. The quantitative estimate of drug-likeness (QED) is 0.342. The van der Waals surface area contributed by atoms with Crippen molar-refractivity contribution < 1.29 is 0 Å². The average Bonchev–Trinajstić information content (AvgIpc) is 1.81. The Morgan fingerprint density at radius 3 is 1.30 bits per heavy atom. The van der Waals surface area contributed by atoms with Crippen LogP contribution in [0, 0.1) is 0 Å². The topological polar surface area (TPSA) is 48.1 Å². The molecule has 10 heavy (non-hydrogen) atoms. The Morgan fingerprint density at radius 1 is 0.800 bits per heavy atom. The molecule has 4 N–H and O–H groups in total. The first-order valence-electron chi connectivity index (χ1n) is 2.71. The maximum atomic E-state index is 2.93. The summed E-state index contributed by atoms with van der Waals surface area (Å²) in [6.45, 7) is 1.83. The van der Waals surface area contributed by atoms with Crippen LogP contribution >= 0.6 is 24.8 Å². The van der Waals surface area contributed by atoms with E-state index in [9.17, 15) is 0 Å². The van der Waals surface area contributed by atoms with Crippen LogP contribution in [0.2, 0.25) is 0 Å². The van der Waals surface area contributed by atoms with Crippen molar-refractivity contribution in [3.63, 3.8) is 0 Å². The van der Waals surface area contributed by atoms with Crippen LogP contribution in [-0.4, -0.2) is 27.2 Å². The molecule has 66 valence electrons. The van der Waals surface area contributed by atoms with E-state index in [-0.39, 0.29) is 24.8 Å². The van der Waals surface area contributed by atoms with Crippen LogP contribution in [0.4, 0.5) is 0 Å². The lowest BCUT2D eigenvalue weighted by atomic mass is 10.7. The van der Waals surface area contributed by atoms with Gasteiger partial charge in [0, 0.05) is 13.1 Å². The molecule has 0 heterocycles. The first kappa shape index (κ1) is 16.8. The molecule has 0 saturated carbocycles. The van der Waals surface area contributed by atoms with Crippen molar-refractivity contribution >= 4 is 24.8 Å². The number of halogens is 2. The molecule has 0 aromatic heterocycles. The van der Waals surface area contributed by atoms with E-state index in [1.165, 1.54) is 0 Å². The summed E-state index contributed by atoms with van der Waals surface area (Å²) in [4.78, 5) is 0. The fourth-order valence-corrected chi connectivity index (χ4v) is 0.375. The van der Waals surface area contributed by atoms with Crippen molar-refractivity contribution in [2.45, 2.75) is 0 Å². The highest BCUT2D eigenvalue weighted by Crippen LogP contribution is 1.46. The van der Waals surface area contributed by atoms with E-state index in [2.05, 4.69) is 21.7 Å². The lowest BCUT2D eigenvalue weighted by molar-refractivity contribution is 0.526. The maximum Gasteiger partial charge on any atom is 0.0239 e. The third kappa shape index (κ3) is 15.8. The Bertz CT molecular complexity index is 40.2. The van der Waals surface area contributed by atoms with Gasteiger partial charge < -0.3 is 0 Å². The fraction of sp³-hybridized carbons (Fsp3) is 1.00. The van der Waals surface area contributed by atoms with Gasteiger partial charge in [-0.2, -0.15) is 0 Å². The lowest BCUT2D eigenvalue weighted by Gasteiger charge is -2.01. The number of hydrogen-bond donors (Lipinski definition) is 4. The molecule has 0 saturated heterocycles. The minimum Gasteiger partial charge on any atom is -0.261 e. The summed E-state index contributed by atoms with van der Waals surface area (Å²) in [6, 6.07) is 0. The van der Waals surface area contributed by atoms with E-state index in [0.29, 0.717) is 0 Å². The number of hydrogen-bond acceptors (Lipinski definition) is 4. The maximum absolute atomic E-state index is 2.93. The van der Waals surface area contributed by atoms with Crippen molar-refractivity contribution in [3.8, 4) is 0 Å². The predicted octanol–water partition coefficient (Wildman–Crippen LogP) is -0.722. The second-order valence-corrected chi connectivity index (χ2v) is 1.35. The Morgan fingerprint density at radius 2 is 1.10 bits per heavy atom. The highest BCUT2D eigenvalue weighted by molar-refractivity contribution is 5.85. The zero-order valence-corrected chi connectivity index (χ0v) is 7.86.